The van der Waals surface area contributed by atoms with Crippen molar-refractivity contribution < 1.29 is 14.6 Å². The average molecular weight is 273 g/mol. The summed E-state index contributed by atoms with van der Waals surface area (Å²) < 4.78 is 4.82. The molecule has 4 nitrogen and oxygen atoms in total. The fourth-order valence-corrected chi connectivity index (χ4v) is 1.98. The molecule has 0 bridgehead atoms. The predicted molar refractivity (Wildman–Crippen MR) is 78.1 cm³/mol. The highest BCUT2D eigenvalue weighted by molar-refractivity contribution is 5.75. The fourth-order valence-electron chi connectivity index (χ4n) is 1.98. The van der Waals surface area contributed by atoms with Gasteiger partial charge in [0.05, 0.1) is 12.7 Å². The molecule has 0 rings (SSSR count). The standard InChI is InChI=1S/C15H31NO3/c1-3-4-5-6-7-8-9-10-15(18)16-12-11-14(17)13-19-2/h14,17H,3-13H2,1-2H3,(H,16,18). The maximum Gasteiger partial charge on any atom is 0.219 e. The van der Waals surface area contributed by atoms with Gasteiger partial charge >= 0.3 is 0 Å². The highest BCUT2D eigenvalue weighted by Gasteiger charge is 2.05. The smallest absolute Gasteiger partial charge is 0.219 e. The number of hydrogen-bond donors (Lipinski definition) is 2. The van der Waals surface area contributed by atoms with E-state index in [9.17, 15) is 9.90 Å². The third-order valence-corrected chi connectivity index (χ3v) is 3.17. The molecule has 0 saturated heterocycles. The van der Waals surface area contributed by atoms with Gasteiger partial charge in [-0.3, -0.25) is 4.79 Å². The summed E-state index contributed by atoms with van der Waals surface area (Å²) in [5.74, 6) is 0.0955. The van der Waals surface area contributed by atoms with Crippen molar-refractivity contribution >= 4 is 5.91 Å². The molecule has 0 spiro atoms. The lowest BCUT2D eigenvalue weighted by molar-refractivity contribution is -0.121. The molecule has 0 heterocycles. The van der Waals surface area contributed by atoms with Crippen molar-refractivity contribution in [3.63, 3.8) is 0 Å². The number of carbonyl (C=O) groups is 1. The molecule has 4 heteroatoms. The summed E-state index contributed by atoms with van der Waals surface area (Å²) in [4.78, 5) is 11.5. The van der Waals surface area contributed by atoms with E-state index in [-0.39, 0.29) is 5.91 Å². The monoisotopic (exact) mass is 273 g/mol. The van der Waals surface area contributed by atoms with Gasteiger partial charge < -0.3 is 15.2 Å². The Balaban J connectivity index is 3.25. The molecule has 0 aliphatic heterocycles. The van der Waals surface area contributed by atoms with Crippen LogP contribution in [0, 0.1) is 0 Å². The van der Waals surface area contributed by atoms with Gasteiger partial charge in [-0.25, -0.2) is 0 Å². The normalized spacial score (nSPS) is 12.4. The van der Waals surface area contributed by atoms with Crippen molar-refractivity contribution in [3.05, 3.63) is 0 Å². The molecule has 2 N–H and O–H groups in total. The Labute approximate surface area is 117 Å². The van der Waals surface area contributed by atoms with Gasteiger partial charge in [-0.2, -0.15) is 0 Å². The minimum absolute atomic E-state index is 0.0955. The first-order chi connectivity index (χ1) is 9.20. The second-order valence-corrected chi connectivity index (χ2v) is 5.12. The van der Waals surface area contributed by atoms with Gasteiger partial charge in [0.1, 0.15) is 0 Å². The molecule has 1 unspecified atom stereocenters. The summed E-state index contributed by atoms with van der Waals surface area (Å²) in [5, 5.41) is 12.2. The van der Waals surface area contributed by atoms with Crippen LogP contribution in [-0.2, 0) is 9.53 Å². The quantitative estimate of drug-likeness (QED) is 0.507. The van der Waals surface area contributed by atoms with E-state index < -0.39 is 6.10 Å². The van der Waals surface area contributed by atoms with Crippen molar-refractivity contribution in [1.29, 1.82) is 0 Å². The van der Waals surface area contributed by atoms with Crippen molar-refractivity contribution in [3.8, 4) is 0 Å². The first kappa shape index (κ1) is 18.4. The van der Waals surface area contributed by atoms with Crippen LogP contribution in [0.5, 0.6) is 0 Å². The Morgan fingerprint density at radius 1 is 1.16 bits per heavy atom. The summed E-state index contributed by atoms with van der Waals surface area (Å²) in [6, 6.07) is 0. The number of amides is 1. The van der Waals surface area contributed by atoms with E-state index in [0.29, 0.717) is 26.0 Å². The maximum absolute atomic E-state index is 11.5. The van der Waals surface area contributed by atoms with Gasteiger partial charge in [0, 0.05) is 20.1 Å². The zero-order valence-electron chi connectivity index (χ0n) is 12.6. The number of carbonyl (C=O) groups excluding carboxylic acids is 1. The average Bonchev–Trinajstić information content (AvgIpc) is 2.38. The van der Waals surface area contributed by atoms with Crippen LogP contribution in [0.3, 0.4) is 0 Å². The van der Waals surface area contributed by atoms with Gasteiger partial charge in [0.2, 0.25) is 5.91 Å². The maximum atomic E-state index is 11.5. The lowest BCUT2D eigenvalue weighted by Gasteiger charge is -2.10. The largest absolute Gasteiger partial charge is 0.391 e. The lowest BCUT2D eigenvalue weighted by Crippen LogP contribution is -2.28. The Hall–Kier alpha value is -0.610. The molecular weight excluding hydrogens is 242 g/mol. The SMILES string of the molecule is CCCCCCCCCC(=O)NCCC(O)COC. The fraction of sp³-hybridized carbons (Fsp3) is 0.933. The zero-order valence-corrected chi connectivity index (χ0v) is 12.6. The van der Waals surface area contributed by atoms with Crippen LogP contribution in [-0.4, -0.2) is 37.4 Å². The molecule has 114 valence electrons. The number of ether oxygens (including phenoxy) is 1. The number of unbranched alkanes of at least 4 members (excludes halogenated alkanes) is 6. The van der Waals surface area contributed by atoms with Gasteiger partial charge in [-0.05, 0) is 12.8 Å². The van der Waals surface area contributed by atoms with Gasteiger partial charge in [0.25, 0.3) is 0 Å². The van der Waals surface area contributed by atoms with Crippen LogP contribution in [0.4, 0.5) is 0 Å². The molecule has 0 saturated carbocycles. The Morgan fingerprint density at radius 3 is 2.42 bits per heavy atom. The van der Waals surface area contributed by atoms with E-state index in [1.807, 2.05) is 0 Å². The van der Waals surface area contributed by atoms with Gasteiger partial charge in [-0.1, -0.05) is 45.4 Å². The number of rotatable bonds is 13. The van der Waals surface area contributed by atoms with Crippen molar-refractivity contribution in [2.75, 3.05) is 20.3 Å². The molecule has 0 radical (unpaired) electrons. The molecule has 19 heavy (non-hydrogen) atoms. The van der Waals surface area contributed by atoms with Gasteiger partial charge in [-0.15, -0.1) is 0 Å². The number of aliphatic hydroxyl groups is 1. The van der Waals surface area contributed by atoms with E-state index >= 15 is 0 Å². The molecule has 0 aliphatic rings. The second-order valence-electron chi connectivity index (χ2n) is 5.12. The first-order valence-electron chi connectivity index (χ1n) is 7.64. The summed E-state index contributed by atoms with van der Waals surface area (Å²) in [6.45, 7) is 3.07. The number of methoxy groups -OCH3 is 1. The van der Waals surface area contributed by atoms with E-state index in [1.54, 1.807) is 7.11 Å². The third-order valence-electron chi connectivity index (χ3n) is 3.17. The minimum Gasteiger partial charge on any atom is -0.391 e. The van der Waals surface area contributed by atoms with E-state index in [4.69, 9.17) is 4.74 Å². The molecular formula is C15H31NO3. The molecule has 0 aromatic heterocycles. The van der Waals surface area contributed by atoms with Crippen LogP contribution in [0.15, 0.2) is 0 Å². The third kappa shape index (κ3) is 13.6. The van der Waals surface area contributed by atoms with Gasteiger partial charge in [0.15, 0.2) is 0 Å². The number of nitrogens with one attached hydrogen (secondary N) is 1. The highest BCUT2D eigenvalue weighted by Crippen LogP contribution is 2.08. The Morgan fingerprint density at radius 2 is 1.79 bits per heavy atom. The Kier molecular flexibility index (Phi) is 13.4. The molecule has 0 aromatic rings. The van der Waals surface area contributed by atoms with E-state index in [2.05, 4.69) is 12.2 Å². The number of hydrogen-bond acceptors (Lipinski definition) is 3. The number of aliphatic hydroxyl groups excluding tert-OH is 1. The minimum atomic E-state index is -0.483. The lowest BCUT2D eigenvalue weighted by atomic mass is 10.1. The molecule has 0 aromatic carbocycles. The predicted octanol–water partition coefficient (Wildman–Crippen LogP) is 2.64. The van der Waals surface area contributed by atoms with E-state index in [1.165, 1.54) is 32.1 Å². The van der Waals surface area contributed by atoms with Crippen LogP contribution in [0.2, 0.25) is 0 Å². The molecule has 0 fully saturated rings. The molecule has 1 amide bonds. The van der Waals surface area contributed by atoms with Crippen LogP contribution in [0.25, 0.3) is 0 Å². The topological polar surface area (TPSA) is 58.6 Å². The van der Waals surface area contributed by atoms with Crippen molar-refractivity contribution in [1.82, 2.24) is 5.32 Å². The first-order valence-corrected chi connectivity index (χ1v) is 7.64. The van der Waals surface area contributed by atoms with Crippen LogP contribution >= 0.6 is 0 Å². The molecule has 1 atom stereocenters. The van der Waals surface area contributed by atoms with Crippen molar-refractivity contribution in [2.45, 2.75) is 70.8 Å². The summed E-state index contributed by atoms with van der Waals surface area (Å²) >= 11 is 0. The molecule has 0 aliphatic carbocycles. The zero-order chi connectivity index (χ0) is 14.3. The van der Waals surface area contributed by atoms with Crippen LogP contribution < -0.4 is 5.32 Å². The Bertz CT molecular complexity index is 210. The summed E-state index contributed by atoms with van der Waals surface area (Å²) in [5.41, 5.74) is 0. The summed E-state index contributed by atoms with van der Waals surface area (Å²) in [7, 11) is 1.56. The summed E-state index contributed by atoms with van der Waals surface area (Å²) in [6.07, 6.45) is 9.23. The van der Waals surface area contributed by atoms with Crippen LogP contribution in [0.1, 0.15) is 64.7 Å². The second kappa shape index (κ2) is 13.8. The van der Waals surface area contributed by atoms with E-state index in [0.717, 1.165) is 12.8 Å². The highest BCUT2D eigenvalue weighted by atomic mass is 16.5. The van der Waals surface area contributed by atoms with Crippen molar-refractivity contribution in [2.24, 2.45) is 0 Å².